The van der Waals surface area contributed by atoms with Gasteiger partial charge < -0.3 is 9.84 Å². The van der Waals surface area contributed by atoms with Gasteiger partial charge in [-0.25, -0.2) is 4.79 Å². The van der Waals surface area contributed by atoms with E-state index in [0.717, 1.165) is 18.9 Å². The molecule has 0 spiro atoms. The van der Waals surface area contributed by atoms with Gasteiger partial charge in [-0.1, -0.05) is 13.3 Å². The molecule has 1 aliphatic heterocycles. The first-order valence-electron chi connectivity index (χ1n) is 6.78. The monoisotopic (exact) mass is 332 g/mol. The Kier molecular flexibility index (Phi) is 4.75. The highest BCUT2D eigenvalue weighted by Gasteiger charge is 2.48. The molecule has 1 N–H and O–H groups in total. The number of halogens is 3. The molecule has 0 radical (unpaired) electrons. The fourth-order valence-electron chi connectivity index (χ4n) is 2.34. The molecule has 22 heavy (non-hydrogen) atoms. The van der Waals surface area contributed by atoms with E-state index in [1.54, 1.807) is 6.07 Å². The van der Waals surface area contributed by atoms with E-state index >= 15 is 0 Å². The van der Waals surface area contributed by atoms with Gasteiger partial charge in [-0.2, -0.15) is 13.2 Å². The molecular formula is C15H15F3O3S. The third kappa shape index (κ3) is 3.40. The minimum absolute atomic E-state index is 0.0959. The summed E-state index contributed by atoms with van der Waals surface area (Å²) in [5, 5.41) is 9.01. The smallest absolute Gasteiger partial charge is 0.430 e. The maximum absolute atomic E-state index is 13.1. The lowest BCUT2D eigenvalue weighted by atomic mass is 9.97. The average molecular weight is 332 g/mol. The zero-order valence-corrected chi connectivity index (χ0v) is 12.7. The Bertz CT molecular complexity index is 623. The van der Waals surface area contributed by atoms with Crippen LogP contribution in [-0.4, -0.2) is 23.4 Å². The molecule has 0 aromatic heterocycles. The number of carboxylic acids is 1. The Labute approximate surface area is 131 Å². The number of unbranched alkanes of at least 4 members (excludes halogenated alkanes) is 1. The van der Waals surface area contributed by atoms with E-state index in [4.69, 9.17) is 9.84 Å². The second-order valence-corrected chi connectivity index (χ2v) is 5.59. The molecule has 1 aliphatic rings. The number of carbonyl (C=O) groups is 1. The molecule has 1 heterocycles. The number of ether oxygens (including phenoxy) is 1. The number of hydrogen-bond donors (Lipinski definition) is 2. The van der Waals surface area contributed by atoms with Crippen LogP contribution in [0.5, 0.6) is 5.75 Å². The number of hydrogen-bond acceptors (Lipinski definition) is 3. The van der Waals surface area contributed by atoms with Crippen LogP contribution in [0.1, 0.15) is 30.9 Å². The number of rotatable bonds is 4. The lowest BCUT2D eigenvalue weighted by Crippen LogP contribution is -2.40. The van der Waals surface area contributed by atoms with Gasteiger partial charge in [-0.15, -0.1) is 12.6 Å². The SMILES string of the molecule is CCCCc1cc(S)cc2c1OC(C(F)(F)F)C(C(=O)O)=C2. The maximum atomic E-state index is 13.1. The molecule has 1 atom stereocenters. The number of benzene rings is 1. The number of carboxylic acid groups (broad SMARTS) is 1. The summed E-state index contributed by atoms with van der Waals surface area (Å²) >= 11 is 4.22. The van der Waals surface area contributed by atoms with Crippen LogP contribution in [0, 0.1) is 0 Å². The third-order valence-electron chi connectivity index (χ3n) is 3.35. The molecule has 120 valence electrons. The highest BCUT2D eigenvalue weighted by molar-refractivity contribution is 7.80. The lowest BCUT2D eigenvalue weighted by Gasteiger charge is -2.28. The van der Waals surface area contributed by atoms with Gasteiger partial charge in [0.25, 0.3) is 0 Å². The summed E-state index contributed by atoms with van der Waals surface area (Å²) in [4.78, 5) is 11.7. The summed E-state index contributed by atoms with van der Waals surface area (Å²) in [6, 6.07) is 3.16. The quantitative estimate of drug-likeness (QED) is 0.816. The zero-order valence-electron chi connectivity index (χ0n) is 11.8. The van der Waals surface area contributed by atoms with E-state index in [1.807, 2.05) is 6.92 Å². The van der Waals surface area contributed by atoms with Crippen LogP contribution in [0.3, 0.4) is 0 Å². The Morgan fingerprint density at radius 3 is 2.64 bits per heavy atom. The molecule has 1 aromatic carbocycles. The van der Waals surface area contributed by atoms with Crippen molar-refractivity contribution in [3.05, 3.63) is 28.8 Å². The van der Waals surface area contributed by atoms with E-state index in [0.29, 0.717) is 22.4 Å². The van der Waals surface area contributed by atoms with Crippen molar-refractivity contribution >= 4 is 24.7 Å². The summed E-state index contributed by atoms with van der Waals surface area (Å²) in [6.07, 6.45) is -4.00. The molecular weight excluding hydrogens is 317 g/mol. The summed E-state index contributed by atoms with van der Waals surface area (Å²) in [5.74, 6) is -1.55. The highest BCUT2D eigenvalue weighted by Crippen LogP contribution is 2.40. The van der Waals surface area contributed by atoms with Gasteiger partial charge in [0.05, 0.1) is 5.57 Å². The summed E-state index contributed by atoms with van der Waals surface area (Å²) < 4.78 is 44.2. The molecule has 0 aliphatic carbocycles. The zero-order chi connectivity index (χ0) is 16.5. The van der Waals surface area contributed by atoms with Crippen LogP contribution in [0.15, 0.2) is 22.6 Å². The molecule has 2 rings (SSSR count). The predicted octanol–water partition coefficient (Wildman–Crippen LogP) is 4.11. The van der Waals surface area contributed by atoms with Gasteiger partial charge in [0.1, 0.15) is 5.75 Å². The number of fused-ring (bicyclic) bond motifs is 1. The van der Waals surface area contributed by atoms with E-state index < -0.39 is 23.8 Å². The Morgan fingerprint density at radius 2 is 2.09 bits per heavy atom. The van der Waals surface area contributed by atoms with E-state index in [9.17, 15) is 18.0 Å². The second-order valence-electron chi connectivity index (χ2n) is 5.07. The number of aliphatic carboxylic acids is 1. The standard InChI is InChI=1S/C15H15F3O3S/c1-2-3-4-8-5-10(22)6-9-7-11(14(19)20)13(15(16,17)18)21-12(8)9/h5-7,13,22H,2-4H2,1H3,(H,19,20). The number of thiol groups is 1. The fraction of sp³-hybridized carbons (Fsp3) is 0.400. The molecule has 0 fully saturated rings. The maximum Gasteiger partial charge on any atom is 0.430 e. The largest absolute Gasteiger partial charge is 0.478 e. The predicted molar refractivity (Wildman–Crippen MR) is 78.4 cm³/mol. The lowest BCUT2D eigenvalue weighted by molar-refractivity contribution is -0.187. The summed E-state index contributed by atoms with van der Waals surface area (Å²) in [7, 11) is 0. The van der Waals surface area contributed by atoms with Crippen LogP contribution in [0.4, 0.5) is 13.2 Å². The van der Waals surface area contributed by atoms with E-state index in [2.05, 4.69) is 12.6 Å². The van der Waals surface area contributed by atoms with E-state index in [-0.39, 0.29) is 5.75 Å². The van der Waals surface area contributed by atoms with Crippen LogP contribution < -0.4 is 4.74 Å². The molecule has 3 nitrogen and oxygen atoms in total. The Balaban J connectivity index is 2.54. The first-order chi connectivity index (χ1) is 10.2. The van der Waals surface area contributed by atoms with Gasteiger partial charge in [0.15, 0.2) is 0 Å². The first kappa shape index (κ1) is 16.7. The molecule has 0 bridgehead atoms. The number of alkyl halides is 3. The molecule has 1 unspecified atom stereocenters. The van der Waals surface area contributed by atoms with Crippen molar-refractivity contribution in [3.8, 4) is 5.75 Å². The minimum atomic E-state index is -4.79. The first-order valence-corrected chi connectivity index (χ1v) is 7.23. The van der Waals surface area contributed by atoms with Crippen molar-refractivity contribution in [2.45, 2.75) is 43.4 Å². The fourth-order valence-corrected chi connectivity index (χ4v) is 2.64. The minimum Gasteiger partial charge on any atom is -0.478 e. The molecule has 0 amide bonds. The van der Waals surface area contributed by atoms with Crippen LogP contribution >= 0.6 is 12.6 Å². The van der Waals surface area contributed by atoms with Crippen molar-refractivity contribution in [2.75, 3.05) is 0 Å². The molecule has 1 aromatic rings. The van der Waals surface area contributed by atoms with Crippen molar-refractivity contribution < 1.29 is 27.8 Å². The van der Waals surface area contributed by atoms with Gasteiger partial charge in [-0.3, -0.25) is 0 Å². The molecule has 0 saturated heterocycles. The van der Waals surface area contributed by atoms with E-state index in [1.165, 1.54) is 6.07 Å². The molecule has 0 saturated carbocycles. The van der Waals surface area contributed by atoms with Crippen LogP contribution in [-0.2, 0) is 11.2 Å². The molecule has 7 heteroatoms. The Hall–Kier alpha value is -1.63. The second kappa shape index (κ2) is 6.24. The highest BCUT2D eigenvalue weighted by atomic mass is 32.1. The summed E-state index contributed by atoms with van der Waals surface area (Å²) in [5.41, 5.74) is 0.108. The van der Waals surface area contributed by atoms with Crippen molar-refractivity contribution in [3.63, 3.8) is 0 Å². The van der Waals surface area contributed by atoms with Crippen molar-refractivity contribution in [1.82, 2.24) is 0 Å². The number of aryl methyl sites for hydroxylation is 1. The van der Waals surface area contributed by atoms with Crippen LogP contribution in [0.2, 0.25) is 0 Å². The third-order valence-corrected chi connectivity index (χ3v) is 3.61. The van der Waals surface area contributed by atoms with Gasteiger partial charge >= 0.3 is 12.1 Å². The van der Waals surface area contributed by atoms with Gasteiger partial charge in [0.2, 0.25) is 6.10 Å². The summed E-state index contributed by atoms with van der Waals surface area (Å²) in [6.45, 7) is 1.97. The average Bonchev–Trinajstić information content (AvgIpc) is 2.42. The normalized spacial score (nSPS) is 17.5. The van der Waals surface area contributed by atoms with Crippen LogP contribution in [0.25, 0.3) is 6.08 Å². The van der Waals surface area contributed by atoms with Gasteiger partial charge in [-0.05, 0) is 36.6 Å². The van der Waals surface area contributed by atoms with Gasteiger partial charge in [0, 0.05) is 10.5 Å². The van der Waals surface area contributed by atoms with Crippen molar-refractivity contribution in [1.29, 1.82) is 0 Å². The Morgan fingerprint density at radius 1 is 1.41 bits per heavy atom. The van der Waals surface area contributed by atoms with Crippen molar-refractivity contribution in [2.24, 2.45) is 0 Å². The topological polar surface area (TPSA) is 46.5 Å².